The lowest BCUT2D eigenvalue weighted by atomic mass is 10.1. The van der Waals surface area contributed by atoms with Crippen LogP contribution in [-0.4, -0.2) is 35.9 Å². The van der Waals surface area contributed by atoms with E-state index in [1.165, 1.54) is 5.56 Å². The largest absolute Gasteiger partial charge is 0.416 e. The van der Waals surface area contributed by atoms with E-state index < -0.39 is 0 Å². The minimum Gasteiger partial charge on any atom is -0.416 e. The lowest BCUT2D eigenvalue weighted by Crippen LogP contribution is -2.25. The average molecular weight is 442 g/mol. The monoisotopic (exact) mass is 441 g/mol. The van der Waals surface area contributed by atoms with Crippen LogP contribution in [0.3, 0.4) is 0 Å². The Balaban J connectivity index is 1.21. The second-order valence-electron chi connectivity index (χ2n) is 7.76. The molecule has 1 N–H and O–H groups in total. The fourth-order valence-corrected chi connectivity index (χ4v) is 3.44. The highest BCUT2D eigenvalue weighted by Crippen LogP contribution is 2.26. The first kappa shape index (κ1) is 22.4. The van der Waals surface area contributed by atoms with E-state index in [-0.39, 0.29) is 5.91 Å². The Kier molecular flexibility index (Phi) is 7.61. The standard InChI is InChI=1S/C27H27N3O3/c1-20-8-5-6-11-24(20)27-30-29-26(33-27)23-14-12-22(13-15-23)25(31)28-17-7-18-32-19-16-21-9-3-2-4-10-21/h2-6,8-15H,7,16-19H2,1H3,(H,28,31). The molecule has 33 heavy (non-hydrogen) atoms. The van der Waals surface area contributed by atoms with Crippen molar-refractivity contribution >= 4 is 5.91 Å². The van der Waals surface area contributed by atoms with Crippen LogP contribution >= 0.6 is 0 Å². The Labute approximate surface area is 193 Å². The third-order valence-electron chi connectivity index (χ3n) is 5.32. The minimum atomic E-state index is -0.114. The highest BCUT2D eigenvalue weighted by molar-refractivity contribution is 5.94. The summed E-state index contributed by atoms with van der Waals surface area (Å²) in [6, 6.07) is 25.3. The third-order valence-corrected chi connectivity index (χ3v) is 5.32. The highest BCUT2D eigenvalue weighted by Gasteiger charge is 2.13. The first-order valence-corrected chi connectivity index (χ1v) is 11.1. The van der Waals surface area contributed by atoms with Crippen LogP contribution in [0.2, 0.25) is 0 Å². The summed E-state index contributed by atoms with van der Waals surface area (Å²) in [6.45, 7) is 3.87. The smallest absolute Gasteiger partial charge is 0.251 e. The maximum Gasteiger partial charge on any atom is 0.251 e. The highest BCUT2D eigenvalue weighted by atomic mass is 16.5. The van der Waals surface area contributed by atoms with Crippen LogP contribution in [0.15, 0.2) is 83.3 Å². The van der Waals surface area contributed by atoms with Crippen molar-refractivity contribution < 1.29 is 13.9 Å². The number of nitrogens with zero attached hydrogens (tertiary/aromatic N) is 2. The Morgan fingerprint density at radius 2 is 1.61 bits per heavy atom. The van der Waals surface area contributed by atoms with E-state index in [2.05, 4.69) is 27.6 Å². The Hall–Kier alpha value is -3.77. The van der Waals surface area contributed by atoms with Gasteiger partial charge >= 0.3 is 0 Å². The summed E-state index contributed by atoms with van der Waals surface area (Å²) in [5, 5.41) is 11.2. The normalized spacial score (nSPS) is 10.8. The number of carbonyl (C=O) groups is 1. The minimum absolute atomic E-state index is 0.114. The van der Waals surface area contributed by atoms with E-state index in [0.717, 1.165) is 29.5 Å². The van der Waals surface area contributed by atoms with Crippen molar-refractivity contribution in [2.45, 2.75) is 19.8 Å². The van der Waals surface area contributed by atoms with E-state index in [1.807, 2.05) is 61.5 Å². The maximum atomic E-state index is 12.4. The van der Waals surface area contributed by atoms with Crippen LogP contribution in [0.5, 0.6) is 0 Å². The molecule has 0 bridgehead atoms. The zero-order chi connectivity index (χ0) is 22.9. The lowest BCUT2D eigenvalue weighted by Gasteiger charge is -2.07. The van der Waals surface area contributed by atoms with Gasteiger partial charge in [0.05, 0.1) is 6.61 Å². The molecule has 0 aliphatic rings. The van der Waals surface area contributed by atoms with Crippen LogP contribution in [0, 0.1) is 6.92 Å². The van der Waals surface area contributed by atoms with Gasteiger partial charge in [-0.25, -0.2) is 0 Å². The molecule has 0 saturated carbocycles. The molecule has 0 unspecified atom stereocenters. The van der Waals surface area contributed by atoms with E-state index in [9.17, 15) is 4.79 Å². The van der Waals surface area contributed by atoms with Gasteiger partial charge < -0.3 is 14.5 Å². The van der Waals surface area contributed by atoms with Crippen LogP contribution in [0.1, 0.15) is 27.9 Å². The number of hydrogen-bond acceptors (Lipinski definition) is 5. The lowest BCUT2D eigenvalue weighted by molar-refractivity contribution is 0.0942. The van der Waals surface area contributed by atoms with Gasteiger partial charge in [0.2, 0.25) is 11.8 Å². The summed E-state index contributed by atoms with van der Waals surface area (Å²) in [4.78, 5) is 12.4. The topological polar surface area (TPSA) is 77.2 Å². The van der Waals surface area contributed by atoms with Gasteiger partial charge in [-0.05, 0) is 61.2 Å². The molecule has 3 aromatic carbocycles. The summed E-state index contributed by atoms with van der Waals surface area (Å²) < 4.78 is 11.5. The van der Waals surface area contributed by atoms with Gasteiger partial charge in [0.1, 0.15) is 0 Å². The molecule has 6 heteroatoms. The van der Waals surface area contributed by atoms with Crippen LogP contribution in [0.4, 0.5) is 0 Å². The molecule has 6 nitrogen and oxygen atoms in total. The maximum absolute atomic E-state index is 12.4. The number of rotatable bonds is 10. The number of aromatic nitrogens is 2. The molecular formula is C27H27N3O3. The van der Waals surface area contributed by atoms with Gasteiger partial charge in [-0.2, -0.15) is 0 Å². The van der Waals surface area contributed by atoms with Crippen molar-refractivity contribution in [2.75, 3.05) is 19.8 Å². The van der Waals surface area contributed by atoms with E-state index in [4.69, 9.17) is 9.15 Å². The van der Waals surface area contributed by atoms with Crippen LogP contribution in [-0.2, 0) is 11.2 Å². The zero-order valence-corrected chi connectivity index (χ0v) is 18.7. The molecule has 4 rings (SSSR count). The quantitative estimate of drug-likeness (QED) is 0.347. The predicted molar refractivity (Wildman–Crippen MR) is 128 cm³/mol. The first-order chi connectivity index (χ1) is 16.2. The number of benzene rings is 3. The average Bonchev–Trinajstić information content (AvgIpc) is 3.34. The van der Waals surface area contributed by atoms with E-state index in [0.29, 0.717) is 37.1 Å². The van der Waals surface area contributed by atoms with Crippen LogP contribution in [0.25, 0.3) is 22.9 Å². The SMILES string of the molecule is Cc1ccccc1-c1nnc(-c2ccc(C(=O)NCCCOCCc3ccccc3)cc2)o1. The van der Waals surface area contributed by atoms with E-state index >= 15 is 0 Å². The molecule has 4 aromatic rings. The van der Waals surface area contributed by atoms with Crippen molar-refractivity contribution in [1.29, 1.82) is 0 Å². The van der Waals surface area contributed by atoms with Crippen molar-refractivity contribution in [2.24, 2.45) is 0 Å². The number of carbonyl (C=O) groups excluding carboxylic acids is 1. The molecule has 1 heterocycles. The van der Waals surface area contributed by atoms with Crippen molar-refractivity contribution in [3.63, 3.8) is 0 Å². The molecule has 0 fully saturated rings. The molecule has 1 aromatic heterocycles. The molecule has 0 spiro atoms. The van der Waals surface area contributed by atoms with Gasteiger partial charge in [-0.3, -0.25) is 4.79 Å². The summed E-state index contributed by atoms with van der Waals surface area (Å²) in [7, 11) is 0. The second kappa shape index (κ2) is 11.2. The molecular weight excluding hydrogens is 414 g/mol. The molecule has 168 valence electrons. The first-order valence-electron chi connectivity index (χ1n) is 11.1. The number of ether oxygens (including phenoxy) is 1. The number of nitrogens with one attached hydrogen (secondary N) is 1. The Bertz CT molecular complexity index is 1170. The van der Waals surface area contributed by atoms with Crippen LogP contribution < -0.4 is 5.32 Å². The Morgan fingerprint density at radius 1 is 0.879 bits per heavy atom. The van der Waals surface area contributed by atoms with Crippen molar-refractivity contribution in [3.8, 4) is 22.9 Å². The number of aryl methyl sites for hydroxylation is 1. The number of hydrogen-bond donors (Lipinski definition) is 1. The van der Waals surface area contributed by atoms with Gasteiger partial charge in [0.25, 0.3) is 5.91 Å². The molecule has 0 aliphatic carbocycles. The molecule has 1 amide bonds. The van der Waals surface area contributed by atoms with Gasteiger partial charge in [-0.15, -0.1) is 10.2 Å². The zero-order valence-electron chi connectivity index (χ0n) is 18.7. The Morgan fingerprint density at radius 3 is 2.39 bits per heavy atom. The summed E-state index contributed by atoms with van der Waals surface area (Å²) in [5.41, 5.74) is 4.60. The summed E-state index contributed by atoms with van der Waals surface area (Å²) >= 11 is 0. The number of amides is 1. The molecule has 0 radical (unpaired) electrons. The van der Waals surface area contributed by atoms with Gasteiger partial charge in [-0.1, -0.05) is 48.5 Å². The predicted octanol–water partition coefficient (Wildman–Crippen LogP) is 5.09. The van der Waals surface area contributed by atoms with Gasteiger partial charge in [0.15, 0.2) is 0 Å². The summed E-state index contributed by atoms with van der Waals surface area (Å²) in [6.07, 6.45) is 1.66. The molecule has 0 atom stereocenters. The fourth-order valence-electron chi connectivity index (χ4n) is 3.44. The van der Waals surface area contributed by atoms with E-state index in [1.54, 1.807) is 12.1 Å². The molecule has 0 aliphatic heterocycles. The van der Waals surface area contributed by atoms with Crippen molar-refractivity contribution in [1.82, 2.24) is 15.5 Å². The fraction of sp³-hybridized carbons (Fsp3) is 0.222. The summed E-state index contributed by atoms with van der Waals surface area (Å²) in [5.74, 6) is 0.792. The van der Waals surface area contributed by atoms with Gasteiger partial charge in [0, 0.05) is 29.8 Å². The molecule has 0 saturated heterocycles. The second-order valence-corrected chi connectivity index (χ2v) is 7.76. The van der Waals surface area contributed by atoms with Crippen molar-refractivity contribution in [3.05, 3.63) is 95.6 Å². The third kappa shape index (κ3) is 6.14.